The fourth-order valence-electron chi connectivity index (χ4n) is 1.13. The molecular formula is C8H13NO3. The van der Waals surface area contributed by atoms with Crippen LogP contribution < -0.4 is 5.32 Å². The molecule has 0 aromatic heterocycles. The highest BCUT2D eigenvalue weighted by atomic mass is 16.5. The number of hydrogen-bond donors (Lipinski definition) is 1. The van der Waals surface area contributed by atoms with Crippen LogP contribution in [-0.2, 0) is 14.3 Å². The zero-order valence-corrected chi connectivity index (χ0v) is 7.13. The topological polar surface area (TPSA) is 55.4 Å². The van der Waals surface area contributed by atoms with Crippen LogP contribution in [0.3, 0.4) is 0 Å². The summed E-state index contributed by atoms with van der Waals surface area (Å²) in [5, 5.41) is 2.65. The van der Waals surface area contributed by atoms with Crippen LogP contribution in [0.4, 0.5) is 0 Å². The monoisotopic (exact) mass is 171 g/mol. The molecule has 4 nitrogen and oxygen atoms in total. The van der Waals surface area contributed by atoms with Gasteiger partial charge in [-0.3, -0.25) is 9.59 Å². The first kappa shape index (κ1) is 9.19. The lowest BCUT2D eigenvalue weighted by Crippen LogP contribution is -2.41. The summed E-state index contributed by atoms with van der Waals surface area (Å²) in [5.41, 5.74) is 0. The number of ketones is 1. The van der Waals surface area contributed by atoms with Crippen molar-refractivity contribution in [1.82, 2.24) is 5.32 Å². The standard InChI is InChI=1S/C8H13NO3/c1-6(10)8(11)9-7-2-4-12-5-3-7/h7H,2-5H2,1H3,(H,9,11). The Morgan fingerprint density at radius 3 is 2.42 bits per heavy atom. The lowest BCUT2D eigenvalue weighted by Gasteiger charge is -2.22. The Morgan fingerprint density at radius 2 is 1.92 bits per heavy atom. The molecule has 1 amide bonds. The van der Waals surface area contributed by atoms with E-state index in [0.29, 0.717) is 13.2 Å². The van der Waals surface area contributed by atoms with Crippen LogP contribution >= 0.6 is 0 Å². The minimum Gasteiger partial charge on any atom is -0.381 e. The van der Waals surface area contributed by atoms with Gasteiger partial charge in [-0.1, -0.05) is 0 Å². The number of rotatable bonds is 2. The molecule has 0 radical (unpaired) electrons. The molecule has 0 aromatic rings. The van der Waals surface area contributed by atoms with Crippen LogP contribution in [0.5, 0.6) is 0 Å². The summed E-state index contributed by atoms with van der Waals surface area (Å²) in [6.07, 6.45) is 1.61. The zero-order valence-electron chi connectivity index (χ0n) is 7.13. The Morgan fingerprint density at radius 1 is 1.33 bits per heavy atom. The van der Waals surface area contributed by atoms with Crippen molar-refractivity contribution in [1.29, 1.82) is 0 Å². The molecule has 4 heteroatoms. The molecule has 1 aliphatic heterocycles. The second-order valence-corrected chi connectivity index (χ2v) is 2.92. The molecule has 0 unspecified atom stereocenters. The van der Waals surface area contributed by atoms with E-state index in [1.54, 1.807) is 0 Å². The van der Waals surface area contributed by atoms with E-state index in [0.717, 1.165) is 12.8 Å². The Hall–Kier alpha value is -0.900. The average molecular weight is 171 g/mol. The van der Waals surface area contributed by atoms with Gasteiger partial charge in [0, 0.05) is 26.2 Å². The molecule has 1 aliphatic rings. The van der Waals surface area contributed by atoms with Crippen LogP contribution in [-0.4, -0.2) is 30.9 Å². The normalized spacial score (nSPS) is 18.8. The first-order chi connectivity index (χ1) is 5.70. The lowest BCUT2D eigenvalue weighted by atomic mass is 10.1. The molecule has 0 saturated carbocycles. The second-order valence-electron chi connectivity index (χ2n) is 2.92. The molecule has 0 bridgehead atoms. The molecule has 0 aromatic carbocycles. The maximum atomic E-state index is 10.9. The van der Waals surface area contributed by atoms with Gasteiger partial charge in [0.25, 0.3) is 5.91 Å². The third-order valence-corrected chi connectivity index (χ3v) is 1.88. The minimum absolute atomic E-state index is 0.121. The minimum atomic E-state index is -0.484. The van der Waals surface area contributed by atoms with Gasteiger partial charge in [-0.15, -0.1) is 0 Å². The number of hydrogen-bond acceptors (Lipinski definition) is 3. The van der Waals surface area contributed by atoms with E-state index >= 15 is 0 Å². The van der Waals surface area contributed by atoms with E-state index < -0.39 is 11.7 Å². The number of nitrogens with one attached hydrogen (secondary N) is 1. The number of ether oxygens (including phenoxy) is 1. The summed E-state index contributed by atoms with van der Waals surface area (Å²) in [6.45, 7) is 2.61. The highest BCUT2D eigenvalue weighted by Crippen LogP contribution is 2.05. The van der Waals surface area contributed by atoms with Gasteiger partial charge in [-0.2, -0.15) is 0 Å². The van der Waals surface area contributed by atoms with Crippen LogP contribution in [0.25, 0.3) is 0 Å². The predicted molar refractivity (Wildman–Crippen MR) is 42.7 cm³/mol. The van der Waals surface area contributed by atoms with Crippen molar-refractivity contribution in [2.45, 2.75) is 25.8 Å². The summed E-state index contributed by atoms with van der Waals surface area (Å²) < 4.78 is 5.11. The highest BCUT2D eigenvalue weighted by Gasteiger charge is 2.17. The molecule has 0 aliphatic carbocycles. The maximum absolute atomic E-state index is 10.9. The molecule has 1 rings (SSSR count). The van der Waals surface area contributed by atoms with Gasteiger partial charge in [0.15, 0.2) is 0 Å². The van der Waals surface area contributed by atoms with Crippen molar-refractivity contribution in [3.63, 3.8) is 0 Å². The summed E-state index contributed by atoms with van der Waals surface area (Å²) >= 11 is 0. The lowest BCUT2D eigenvalue weighted by molar-refractivity contribution is -0.137. The van der Waals surface area contributed by atoms with Crippen molar-refractivity contribution in [2.24, 2.45) is 0 Å². The fourth-order valence-corrected chi connectivity index (χ4v) is 1.13. The SMILES string of the molecule is CC(=O)C(=O)NC1CCOCC1. The van der Waals surface area contributed by atoms with E-state index in [9.17, 15) is 9.59 Å². The molecular weight excluding hydrogens is 158 g/mol. The van der Waals surface area contributed by atoms with Crippen molar-refractivity contribution in [3.05, 3.63) is 0 Å². The van der Waals surface area contributed by atoms with Crippen LogP contribution in [0.15, 0.2) is 0 Å². The first-order valence-corrected chi connectivity index (χ1v) is 4.09. The van der Waals surface area contributed by atoms with Crippen molar-refractivity contribution in [2.75, 3.05) is 13.2 Å². The van der Waals surface area contributed by atoms with E-state index in [1.165, 1.54) is 6.92 Å². The quantitative estimate of drug-likeness (QED) is 0.589. The first-order valence-electron chi connectivity index (χ1n) is 4.09. The molecule has 1 saturated heterocycles. The van der Waals surface area contributed by atoms with Gasteiger partial charge in [0.05, 0.1) is 0 Å². The van der Waals surface area contributed by atoms with E-state index in [4.69, 9.17) is 4.74 Å². The van der Waals surface area contributed by atoms with Gasteiger partial charge in [-0.05, 0) is 12.8 Å². The zero-order chi connectivity index (χ0) is 8.97. The summed E-state index contributed by atoms with van der Waals surface area (Å²) in [7, 11) is 0. The van der Waals surface area contributed by atoms with Crippen LogP contribution in [0.1, 0.15) is 19.8 Å². The number of amides is 1. The Labute approximate surface area is 71.3 Å². The summed E-state index contributed by atoms with van der Waals surface area (Å²) in [5.74, 6) is -0.914. The predicted octanol–water partition coefficient (Wildman–Crippen LogP) is -0.129. The maximum Gasteiger partial charge on any atom is 0.287 e. The number of Topliss-reactive ketones (excluding diaryl/α,β-unsaturated/α-hetero) is 1. The van der Waals surface area contributed by atoms with Crippen molar-refractivity contribution >= 4 is 11.7 Å². The van der Waals surface area contributed by atoms with Gasteiger partial charge >= 0.3 is 0 Å². The van der Waals surface area contributed by atoms with E-state index in [-0.39, 0.29) is 6.04 Å². The smallest absolute Gasteiger partial charge is 0.287 e. The molecule has 68 valence electrons. The average Bonchev–Trinajstić information content (AvgIpc) is 2.06. The highest BCUT2D eigenvalue weighted by molar-refractivity contribution is 6.35. The van der Waals surface area contributed by atoms with Crippen LogP contribution in [0.2, 0.25) is 0 Å². The van der Waals surface area contributed by atoms with Crippen LogP contribution in [0, 0.1) is 0 Å². The number of carbonyl (C=O) groups is 2. The van der Waals surface area contributed by atoms with E-state index in [2.05, 4.69) is 5.32 Å². The third-order valence-electron chi connectivity index (χ3n) is 1.88. The molecule has 1 N–H and O–H groups in total. The van der Waals surface area contributed by atoms with Gasteiger partial charge < -0.3 is 10.1 Å². The largest absolute Gasteiger partial charge is 0.381 e. The molecule has 0 atom stereocenters. The Balaban J connectivity index is 2.29. The molecule has 1 fully saturated rings. The van der Waals surface area contributed by atoms with Crippen molar-refractivity contribution in [3.8, 4) is 0 Å². The summed E-state index contributed by atoms with van der Waals surface area (Å²) in [6, 6.07) is 0.121. The second kappa shape index (κ2) is 4.21. The van der Waals surface area contributed by atoms with Gasteiger partial charge in [0.1, 0.15) is 0 Å². The number of carbonyl (C=O) groups excluding carboxylic acids is 2. The van der Waals surface area contributed by atoms with Gasteiger partial charge in [0.2, 0.25) is 5.78 Å². The van der Waals surface area contributed by atoms with E-state index in [1.807, 2.05) is 0 Å². The van der Waals surface area contributed by atoms with Crippen molar-refractivity contribution < 1.29 is 14.3 Å². The fraction of sp³-hybridized carbons (Fsp3) is 0.750. The molecule has 0 spiro atoms. The molecule has 1 heterocycles. The Kier molecular flexibility index (Phi) is 3.22. The summed E-state index contributed by atoms with van der Waals surface area (Å²) in [4.78, 5) is 21.5. The third kappa shape index (κ3) is 2.62. The Bertz CT molecular complexity index is 185. The molecule has 12 heavy (non-hydrogen) atoms. The van der Waals surface area contributed by atoms with Gasteiger partial charge in [-0.25, -0.2) is 0 Å².